The highest BCUT2D eigenvalue weighted by atomic mass is 79.9. The van der Waals surface area contributed by atoms with Crippen molar-refractivity contribution in [2.24, 2.45) is 5.10 Å². The Labute approximate surface area is 159 Å². The fourth-order valence-corrected chi connectivity index (χ4v) is 2.72. The van der Waals surface area contributed by atoms with Gasteiger partial charge in [-0.25, -0.2) is 5.43 Å². The van der Waals surface area contributed by atoms with Crippen LogP contribution in [0.3, 0.4) is 0 Å². The lowest BCUT2D eigenvalue weighted by atomic mass is 10.2. The second-order valence-electron chi connectivity index (χ2n) is 5.12. The zero-order valence-corrected chi connectivity index (χ0v) is 15.9. The van der Waals surface area contributed by atoms with E-state index < -0.39 is 11.8 Å². The fourth-order valence-electron chi connectivity index (χ4n) is 2.10. The maximum Gasteiger partial charge on any atom is 0.249 e. The predicted octanol–water partition coefficient (Wildman–Crippen LogP) is 2.95. The number of benzene rings is 2. The zero-order valence-electron chi connectivity index (χ0n) is 14.3. The van der Waals surface area contributed by atoms with E-state index in [4.69, 9.17) is 9.47 Å². The Bertz CT molecular complexity index is 810. The molecule has 2 aromatic rings. The maximum atomic E-state index is 11.8. The lowest BCUT2D eigenvalue weighted by molar-refractivity contribution is -0.126. The average Bonchev–Trinajstić information content (AvgIpc) is 2.61. The van der Waals surface area contributed by atoms with Gasteiger partial charge in [-0.3, -0.25) is 9.59 Å². The van der Waals surface area contributed by atoms with E-state index >= 15 is 0 Å². The first-order valence-corrected chi connectivity index (χ1v) is 8.41. The van der Waals surface area contributed by atoms with Gasteiger partial charge in [0.1, 0.15) is 6.42 Å². The van der Waals surface area contributed by atoms with E-state index in [2.05, 4.69) is 31.8 Å². The van der Waals surface area contributed by atoms with E-state index in [1.165, 1.54) is 20.4 Å². The molecule has 0 aliphatic carbocycles. The zero-order chi connectivity index (χ0) is 18.9. The number of halogens is 1. The number of nitrogens with one attached hydrogen (secondary N) is 2. The summed E-state index contributed by atoms with van der Waals surface area (Å²) in [6.45, 7) is 0. The van der Waals surface area contributed by atoms with Crippen LogP contribution in [-0.2, 0) is 9.59 Å². The largest absolute Gasteiger partial charge is 0.493 e. The first-order valence-electron chi connectivity index (χ1n) is 7.61. The number of ether oxygens (including phenoxy) is 2. The molecule has 26 heavy (non-hydrogen) atoms. The Morgan fingerprint density at radius 1 is 1.12 bits per heavy atom. The van der Waals surface area contributed by atoms with Crippen LogP contribution in [0.5, 0.6) is 11.5 Å². The van der Waals surface area contributed by atoms with Gasteiger partial charge in [0.2, 0.25) is 11.8 Å². The van der Waals surface area contributed by atoms with Crippen LogP contribution in [0.1, 0.15) is 12.0 Å². The molecule has 7 nitrogen and oxygen atoms in total. The summed E-state index contributed by atoms with van der Waals surface area (Å²) in [5.41, 5.74) is 3.63. The molecule has 0 unspecified atom stereocenters. The molecule has 2 N–H and O–H groups in total. The second kappa shape index (κ2) is 9.57. The smallest absolute Gasteiger partial charge is 0.249 e. The first kappa shape index (κ1) is 19.5. The number of carbonyl (C=O) groups is 2. The van der Waals surface area contributed by atoms with Gasteiger partial charge in [-0.2, -0.15) is 5.10 Å². The molecule has 2 aromatic carbocycles. The lowest BCUT2D eigenvalue weighted by Gasteiger charge is -2.10. The van der Waals surface area contributed by atoms with Crippen LogP contribution >= 0.6 is 15.9 Å². The van der Waals surface area contributed by atoms with Gasteiger partial charge >= 0.3 is 0 Å². The molecule has 0 aromatic heterocycles. The van der Waals surface area contributed by atoms with Gasteiger partial charge in [-0.1, -0.05) is 18.2 Å². The quantitative estimate of drug-likeness (QED) is 0.410. The Hall–Kier alpha value is -2.87. The number of methoxy groups -OCH3 is 2. The molecular weight excluding hydrogens is 402 g/mol. The van der Waals surface area contributed by atoms with E-state index in [0.717, 1.165) is 0 Å². The number of para-hydroxylation sites is 1. The second-order valence-corrected chi connectivity index (χ2v) is 5.98. The van der Waals surface area contributed by atoms with Gasteiger partial charge in [-0.15, -0.1) is 0 Å². The van der Waals surface area contributed by atoms with E-state index in [1.807, 2.05) is 6.07 Å². The van der Waals surface area contributed by atoms with Gasteiger partial charge in [0.15, 0.2) is 11.5 Å². The summed E-state index contributed by atoms with van der Waals surface area (Å²) in [6, 6.07) is 12.4. The predicted molar refractivity (Wildman–Crippen MR) is 103 cm³/mol. The van der Waals surface area contributed by atoms with Crippen LogP contribution in [-0.4, -0.2) is 32.2 Å². The highest BCUT2D eigenvalue weighted by Gasteiger charge is 2.10. The van der Waals surface area contributed by atoms with Crippen molar-refractivity contribution in [1.29, 1.82) is 0 Å². The molecule has 0 saturated carbocycles. The Morgan fingerprint density at radius 2 is 1.85 bits per heavy atom. The van der Waals surface area contributed by atoms with Crippen molar-refractivity contribution in [2.75, 3.05) is 19.5 Å². The standard InChI is InChI=1S/C18H18BrN3O4/c1-25-15-9-12(8-14(19)18(15)26-2)11-20-22-17(24)10-16(23)21-13-6-4-3-5-7-13/h3-9,11H,10H2,1-2H3,(H,21,23)(H,22,24). The number of amides is 2. The van der Waals surface area contributed by atoms with E-state index in [9.17, 15) is 9.59 Å². The SMILES string of the molecule is COc1cc(C=NNC(=O)CC(=O)Nc2ccccc2)cc(Br)c1OC. The molecule has 2 rings (SSSR count). The van der Waals surface area contributed by atoms with Gasteiger partial charge in [-0.05, 0) is 45.8 Å². The summed E-state index contributed by atoms with van der Waals surface area (Å²) < 4.78 is 11.2. The van der Waals surface area contributed by atoms with Crippen molar-refractivity contribution in [3.8, 4) is 11.5 Å². The summed E-state index contributed by atoms with van der Waals surface area (Å²) in [6.07, 6.45) is 1.11. The number of anilines is 1. The summed E-state index contributed by atoms with van der Waals surface area (Å²) >= 11 is 3.38. The summed E-state index contributed by atoms with van der Waals surface area (Å²) in [5, 5.41) is 6.48. The van der Waals surface area contributed by atoms with Gasteiger partial charge in [0.05, 0.1) is 24.9 Å². The fraction of sp³-hybridized carbons (Fsp3) is 0.167. The summed E-state index contributed by atoms with van der Waals surface area (Å²) in [5.74, 6) is 0.148. The number of carbonyl (C=O) groups excluding carboxylic acids is 2. The molecule has 0 radical (unpaired) electrons. The molecule has 0 bridgehead atoms. The minimum Gasteiger partial charge on any atom is -0.493 e. The van der Waals surface area contributed by atoms with E-state index in [1.54, 1.807) is 36.4 Å². The Morgan fingerprint density at radius 3 is 2.50 bits per heavy atom. The number of hydrogen-bond donors (Lipinski definition) is 2. The highest BCUT2D eigenvalue weighted by Crippen LogP contribution is 2.35. The molecule has 0 aliphatic rings. The van der Waals surface area contributed by atoms with Crippen LogP contribution in [0, 0.1) is 0 Å². The topological polar surface area (TPSA) is 89.0 Å². The number of hydrazone groups is 1. The van der Waals surface area contributed by atoms with Crippen LogP contribution in [0.2, 0.25) is 0 Å². The Balaban J connectivity index is 1.90. The third-order valence-corrected chi connectivity index (χ3v) is 3.83. The molecule has 136 valence electrons. The van der Waals surface area contributed by atoms with E-state index in [0.29, 0.717) is 27.2 Å². The van der Waals surface area contributed by atoms with E-state index in [-0.39, 0.29) is 6.42 Å². The van der Waals surface area contributed by atoms with Gasteiger partial charge in [0, 0.05) is 5.69 Å². The third kappa shape index (κ3) is 5.59. The molecule has 0 atom stereocenters. The molecule has 0 saturated heterocycles. The Kier molecular flexibility index (Phi) is 7.16. The average molecular weight is 420 g/mol. The van der Waals surface area contributed by atoms with Crippen molar-refractivity contribution in [3.63, 3.8) is 0 Å². The van der Waals surface area contributed by atoms with Gasteiger partial charge in [0.25, 0.3) is 0 Å². The van der Waals surface area contributed by atoms with Crippen molar-refractivity contribution in [1.82, 2.24) is 5.43 Å². The molecule has 0 aliphatic heterocycles. The molecule has 8 heteroatoms. The third-order valence-electron chi connectivity index (χ3n) is 3.24. The maximum absolute atomic E-state index is 11.8. The molecular formula is C18H18BrN3O4. The monoisotopic (exact) mass is 419 g/mol. The van der Waals surface area contributed by atoms with Crippen molar-refractivity contribution in [2.45, 2.75) is 6.42 Å². The van der Waals surface area contributed by atoms with Crippen molar-refractivity contribution < 1.29 is 19.1 Å². The first-order chi connectivity index (χ1) is 12.5. The van der Waals surface area contributed by atoms with Crippen molar-refractivity contribution in [3.05, 3.63) is 52.5 Å². The molecule has 2 amide bonds. The van der Waals surface area contributed by atoms with Crippen LogP contribution in [0.15, 0.2) is 52.0 Å². The van der Waals surface area contributed by atoms with Crippen LogP contribution in [0.25, 0.3) is 0 Å². The summed E-state index contributed by atoms with van der Waals surface area (Å²) in [7, 11) is 3.06. The number of hydrogen-bond acceptors (Lipinski definition) is 5. The van der Waals surface area contributed by atoms with Crippen molar-refractivity contribution >= 4 is 39.6 Å². The number of nitrogens with zero attached hydrogens (tertiary/aromatic N) is 1. The van der Waals surface area contributed by atoms with Crippen LogP contribution < -0.4 is 20.2 Å². The molecule has 0 heterocycles. The highest BCUT2D eigenvalue weighted by molar-refractivity contribution is 9.10. The summed E-state index contributed by atoms with van der Waals surface area (Å²) in [4.78, 5) is 23.6. The minimum atomic E-state index is -0.519. The lowest BCUT2D eigenvalue weighted by Crippen LogP contribution is -2.24. The van der Waals surface area contributed by atoms with Gasteiger partial charge < -0.3 is 14.8 Å². The minimum absolute atomic E-state index is 0.331. The number of rotatable bonds is 7. The molecule has 0 fully saturated rings. The van der Waals surface area contributed by atoms with Crippen LogP contribution in [0.4, 0.5) is 5.69 Å². The molecule has 0 spiro atoms. The normalized spacial score (nSPS) is 10.4.